The number of aromatic nitrogens is 1. The van der Waals surface area contributed by atoms with Crippen molar-refractivity contribution in [2.24, 2.45) is 0 Å². The topological polar surface area (TPSA) is 71.5 Å². The molecule has 22 heavy (non-hydrogen) atoms. The lowest BCUT2D eigenvalue weighted by Crippen LogP contribution is -2.47. The molecule has 1 aromatic carbocycles. The number of hydrogen-bond donors (Lipinski definition) is 1. The molecule has 8 heteroatoms. The number of ether oxygens (including phenoxy) is 1. The summed E-state index contributed by atoms with van der Waals surface area (Å²) in [7, 11) is -1.53. The van der Waals surface area contributed by atoms with Gasteiger partial charge in [-0.25, -0.2) is 18.1 Å². The summed E-state index contributed by atoms with van der Waals surface area (Å²) in [4.78, 5) is 6.82. The highest BCUT2D eigenvalue weighted by molar-refractivity contribution is 7.88. The summed E-state index contributed by atoms with van der Waals surface area (Å²) in [6.45, 7) is 1.56. The Labute approximate surface area is 134 Å². The number of hydrogen-bond acceptors (Lipinski definition) is 6. The van der Waals surface area contributed by atoms with E-state index in [-0.39, 0.29) is 6.04 Å². The Hall–Kier alpha value is -1.38. The molecule has 1 aromatic heterocycles. The average Bonchev–Trinajstić information content (AvgIpc) is 2.88. The number of sulfonamides is 1. The highest BCUT2D eigenvalue weighted by Crippen LogP contribution is 2.32. The fourth-order valence-electron chi connectivity index (χ4n) is 2.71. The minimum atomic E-state index is -3.17. The van der Waals surface area contributed by atoms with E-state index in [1.807, 2.05) is 18.2 Å². The van der Waals surface area contributed by atoms with Crippen LogP contribution in [0.5, 0.6) is 5.75 Å². The van der Waals surface area contributed by atoms with E-state index < -0.39 is 10.0 Å². The number of methoxy groups -OCH3 is 1. The molecule has 0 amide bonds. The molecule has 0 saturated carbocycles. The van der Waals surface area contributed by atoms with Crippen molar-refractivity contribution >= 4 is 36.7 Å². The molecular formula is C14H19N3O3S2. The highest BCUT2D eigenvalue weighted by atomic mass is 32.2. The third-order valence-corrected chi connectivity index (χ3v) is 5.51. The van der Waals surface area contributed by atoms with Gasteiger partial charge in [-0.15, -0.1) is 0 Å². The van der Waals surface area contributed by atoms with Gasteiger partial charge in [0.05, 0.1) is 23.6 Å². The van der Waals surface area contributed by atoms with Gasteiger partial charge in [-0.05, 0) is 25.0 Å². The van der Waals surface area contributed by atoms with Crippen molar-refractivity contribution in [3.05, 3.63) is 18.2 Å². The normalized spacial score (nSPS) is 19.5. The van der Waals surface area contributed by atoms with Crippen LogP contribution in [0.15, 0.2) is 18.2 Å². The van der Waals surface area contributed by atoms with Crippen LogP contribution in [0.3, 0.4) is 0 Å². The molecule has 2 aromatic rings. The second-order valence-electron chi connectivity index (χ2n) is 5.51. The summed E-state index contributed by atoms with van der Waals surface area (Å²) in [6, 6.07) is 5.80. The predicted octanol–water partition coefficient (Wildman–Crippen LogP) is 1.82. The van der Waals surface area contributed by atoms with Crippen LogP contribution in [0, 0.1) is 0 Å². The van der Waals surface area contributed by atoms with Gasteiger partial charge >= 0.3 is 0 Å². The molecular weight excluding hydrogens is 322 g/mol. The highest BCUT2D eigenvalue weighted by Gasteiger charge is 2.24. The maximum atomic E-state index is 11.4. The number of benzene rings is 1. The van der Waals surface area contributed by atoms with Crippen LogP contribution in [0.4, 0.5) is 5.13 Å². The van der Waals surface area contributed by atoms with E-state index in [1.165, 1.54) is 6.26 Å². The van der Waals surface area contributed by atoms with E-state index in [0.29, 0.717) is 6.54 Å². The van der Waals surface area contributed by atoms with Crippen molar-refractivity contribution < 1.29 is 13.2 Å². The molecule has 1 fully saturated rings. The lowest BCUT2D eigenvalue weighted by atomic mass is 10.1. The summed E-state index contributed by atoms with van der Waals surface area (Å²) in [5.74, 6) is 0.791. The Bertz CT molecular complexity index is 773. The SMILES string of the molecule is COc1ccc2sc(N3CCCC(NS(C)(=O)=O)C3)nc2c1. The van der Waals surface area contributed by atoms with Crippen molar-refractivity contribution in [1.82, 2.24) is 9.71 Å². The van der Waals surface area contributed by atoms with Gasteiger partial charge in [0.2, 0.25) is 10.0 Å². The van der Waals surface area contributed by atoms with Gasteiger partial charge in [-0.2, -0.15) is 0 Å². The summed E-state index contributed by atoms with van der Waals surface area (Å²) < 4.78 is 31.8. The first-order chi connectivity index (χ1) is 10.4. The molecule has 0 aliphatic carbocycles. The van der Waals surface area contributed by atoms with Crippen LogP contribution in [0.1, 0.15) is 12.8 Å². The Morgan fingerprint density at radius 1 is 1.45 bits per heavy atom. The van der Waals surface area contributed by atoms with E-state index in [1.54, 1.807) is 18.4 Å². The molecule has 1 atom stereocenters. The average molecular weight is 341 g/mol. The fourth-order valence-corrected chi connectivity index (χ4v) is 4.49. The number of nitrogens with one attached hydrogen (secondary N) is 1. The molecule has 0 radical (unpaired) electrons. The van der Waals surface area contributed by atoms with Crippen LogP contribution in [0.2, 0.25) is 0 Å². The second kappa shape index (κ2) is 6.02. The van der Waals surface area contributed by atoms with Gasteiger partial charge in [0.1, 0.15) is 5.75 Å². The number of fused-ring (bicyclic) bond motifs is 1. The monoisotopic (exact) mass is 341 g/mol. The molecule has 6 nitrogen and oxygen atoms in total. The van der Waals surface area contributed by atoms with Crippen LogP contribution < -0.4 is 14.4 Å². The first-order valence-electron chi connectivity index (χ1n) is 7.11. The number of anilines is 1. The summed E-state index contributed by atoms with van der Waals surface area (Å²) >= 11 is 1.63. The summed E-state index contributed by atoms with van der Waals surface area (Å²) in [5.41, 5.74) is 0.914. The molecule has 120 valence electrons. The molecule has 1 unspecified atom stereocenters. The van der Waals surface area contributed by atoms with Gasteiger partial charge in [0, 0.05) is 25.2 Å². The van der Waals surface area contributed by atoms with E-state index in [4.69, 9.17) is 4.74 Å². The third-order valence-electron chi connectivity index (χ3n) is 3.66. The van der Waals surface area contributed by atoms with Crippen LogP contribution in [-0.4, -0.2) is 45.9 Å². The van der Waals surface area contributed by atoms with Gasteiger partial charge in [0.25, 0.3) is 0 Å². The van der Waals surface area contributed by atoms with Gasteiger partial charge in [0.15, 0.2) is 5.13 Å². The van der Waals surface area contributed by atoms with Crippen LogP contribution >= 0.6 is 11.3 Å². The first-order valence-corrected chi connectivity index (χ1v) is 9.82. The van der Waals surface area contributed by atoms with E-state index in [9.17, 15) is 8.42 Å². The smallest absolute Gasteiger partial charge is 0.209 e. The molecule has 1 N–H and O–H groups in total. The molecule has 2 heterocycles. The molecule has 0 spiro atoms. The van der Waals surface area contributed by atoms with Crippen molar-refractivity contribution in [3.63, 3.8) is 0 Å². The fraction of sp³-hybridized carbons (Fsp3) is 0.500. The van der Waals surface area contributed by atoms with Crippen molar-refractivity contribution in [1.29, 1.82) is 0 Å². The van der Waals surface area contributed by atoms with Crippen LogP contribution in [0.25, 0.3) is 10.2 Å². The van der Waals surface area contributed by atoms with Crippen molar-refractivity contribution in [2.75, 3.05) is 31.4 Å². The predicted molar refractivity (Wildman–Crippen MR) is 89.4 cm³/mol. The number of rotatable bonds is 4. The standard InChI is InChI=1S/C14H19N3O3S2/c1-20-11-5-6-13-12(8-11)15-14(21-13)17-7-3-4-10(9-17)16-22(2,18)19/h5-6,8,10,16H,3-4,7,9H2,1-2H3. The third kappa shape index (κ3) is 3.50. The Morgan fingerprint density at radius 2 is 2.27 bits per heavy atom. The number of thiazole rings is 1. The first kappa shape index (κ1) is 15.5. The maximum absolute atomic E-state index is 11.4. The molecule has 3 rings (SSSR count). The molecule has 1 aliphatic heterocycles. The molecule has 1 aliphatic rings. The Kier molecular flexibility index (Phi) is 4.24. The molecule has 0 bridgehead atoms. The number of piperidine rings is 1. The quantitative estimate of drug-likeness (QED) is 0.918. The molecule has 1 saturated heterocycles. The largest absolute Gasteiger partial charge is 0.497 e. The number of nitrogens with zero attached hydrogens (tertiary/aromatic N) is 2. The lowest BCUT2D eigenvalue weighted by Gasteiger charge is -2.32. The minimum Gasteiger partial charge on any atom is -0.497 e. The van der Waals surface area contributed by atoms with Gasteiger partial charge in [-0.1, -0.05) is 11.3 Å². The zero-order valence-corrected chi connectivity index (χ0v) is 14.2. The van der Waals surface area contributed by atoms with E-state index >= 15 is 0 Å². The maximum Gasteiger partial charge on any atom is 0.209 e. The Morgan fingerprint density at radius 3 is 3.00 bits per heavy atom. The van der Waals surface area contributed by atoms with Gasteiger partial charge < -0.3 is 9.64 Å². The Balaban J connectivity index is 1.81. The van der Waals surface area contributed by atoms with Crippen LogP contribution in [-0.2, 0) is 10.0 Å². The zero-order chi connectivity index (χ0) is 15.7. The minimum absolute atomic E-state index is 0.0506. The van der Waals surface area contributed by atoms with Gasteiger partial charge in [-0.3, -0.25) is 0 Å². The van der Waals surface area contributed by atoms with E-state index in [0.717, 1.165) is 40.5 Å². The lowest BCUT2D eigenvalue weighted by molar-refractivity contribution is 0.415. The zero-order valence-electron chi connectivity index (χ0n) is 12.6. The second-order valence-corrected chi connectivity index (χ2v) is 8.29. The van der Waals surface area contributed by atoms with Crippen molar-refractivity contribution in [2.45, 2.75) is 18.9 Å². The van der Waals surface area contributed by atoms with E-state index in [2.05, 4.69) is 14.6 Å². The summed E-state index contributed by atoms with van der Waals surface area (Å²) in [6.07, 6.45) is 3.02. The van der Waals surface area contributed by atoms with Crippen molar-refractivity contribution in [3.8, 4) is 5.75 Å². The summed E-state index contributed by atoms with van der Waals surface area (Å²) in [5, 5.41) is 0.934.